The Morgan fingerprint density at radius 1 is 1.53 bits per heavy atom. The molecule has 5 nitrogen and oxygen atoms in total. The summed E-state index contributed by atoms with van der Waals surface area (Å²) in [5.41, 5.74) is 0.962. The van der Waals surface area contributed by atoms with Crippen LogP contribution in [0.2, 0.25) is 0 Å². The second-order valence-corrected chi connectivity index (χ2v) is 2.75. The van der Waals surface area contributed by atoms with Gasteiger partial charge in [0.1, 0.15) is 12.4 Å². The van der Waals surface area contributed by atoms with Crippen molar-refractivity contribution in [1.82, 2.24) is 0 Å². The van der Waals surface area contributed by atoms with E-state index in [1.54, 1.807) is 12.1 Å². The van der Waals surface area contributed by atoms with E-state index in [4.69, 9.17) is 9.84 Å². The number of aldehydes is 1. The lowest BCUT2D eigenvalue weighted by atomic mass is 10.1. The van der Waals surface area contributed by atoms with Gasteiger partial charge in [0.15, 0.2) is 6.29 Å². The highest BCUT2D eigenvalue weighted by molar-refractivity contribution is 5.79. The summed E-state index contributed by atoms with van der Waals surface area (Å²) in [6, 6.07) is 4.74. The van der Waals surface area contributed by atoms with Crippen molar-refractivity contribution in [2.45, 2.75) is 6.61 Å². The van der Waals surface area contributed by atoms with Crippen LogP contribution in [0.15, 0.2) is 18.2 Å². The van der Waals surface area contributed by atoms with Gasteiger partial charge in [0.2, 0.25) is 0 Å². The summed E-state index contributed by atoms with van der Waals surface area (Å²) < 4.78 is 9.29. The van der Waals surface area contributed by atoms with Gasteiger partial charge < -0.3 is 14.6 Å². The molecule has 0 amide bonds. The van der Waals surface area contributed by atoms with Gasteiger partial charge in [-0.15, -0.1) is 0 Å². The average molecular weight is 210 g/mol. The molecule has 0 saturated carbocycles. The second-order valence-electron chi connectivity index (χ2n) is 2.75. The molecule has 0 aromatic heterocycles. The summed E-state index contributed by atoms with van der Waals surface area (Å²) in [7, 11) is 1.45. The van der Waals surface area contributed by atoms with Gasteiger partial charge in [-0.1, -0.05) is 6.07 Å². The fourth-order valence-electron chi connectivity index (χ4n) is 1.11. The Kier molecular flexibility index (Phi) is 3.68. The fraction of sp³-hybridized carbons (Fsp3) is 0.200. The monoisotopic (exact) mass is 210 g/mol. The summed E-state index contributed by atoms with van der Waals surface area (Å²) in [5, 5.41) is 8.29. The van der Waals surface area contributed by atoms with E-state index in [1.165, 1.54) is 13.2 Å². The smallest absolute Gasteiger partial charge is 0.496 e. The second kappa shape index (κ2) is 4.99. The van der Waals surface area contributed by atoms with Gasteiger partial charge in [-0.25, -0.2) is 4.79 Å². The molecule has 0 unspecified atom stereocenters. The molecule has 1 aromatic carbocycles. The zero-order valence-corrected chi connectivity index (χ0v) is 8.10. The number of hydrogen-bond donors (Lipinski definition) is 1. The van der Waals surface area contributed by atoms with Crippen molar-refractivity contribution in [3.8, 4) is 5.75 Å². The summed E-state index contributed by atoms with van der Waals surface area (Å²) in [5.74, 6) is 0.448. The number of ether oxygens (including phenoxy) is 2. The van der Waals surface area contributed by atoms with E-state index in [0.29, 0.717) is 23.2 Å². The van der Waals surface area contributed by atoms with E-state index in [-0.39, 0.29) is 6.61 Å². The Labute approximate surface area is 86.2 Å². The number of benzene rings is 1. The first kappa shape index (κ1) is 11.0. The summed E-state index contributed by atoms with van der Waals surface area (Å²) in [6.07, 6.45) is -0.707. The standard InChI is InChI=1S/C10H10O5/c1-14-9-3-2-7(4-8(9)5-11)6-15-10(12)13/h2-5H,6H2,1H3,(H,12,13). The van der Waals surface area contributed by atoms with Crippen LogP contribution in [-0.2, 0) is 11.3 Å². The van der Waals surface area contributed by atoms with Crippen LogP contribution in [0.5, 0.6) is 5.75 Å². The molecule has 0 bridgehead atoms. The number of hydrogen-bond acceptors (Lipinski definition) is 4. The lowest BCUT2D eigenvalue weighted by molar-refractivity contribution is 0.0854. The van der Waals surface area contributed by atoms with Crippen molar-refractivity contribution in [2.75, 3.05) is 7.11 Å². The zero-order chi connectivity index (χ0) is 11.3. The molecule has 15 heavy (non-hydrogen) atoms. The van der Waals surface area contributed by atoms with Gasteiger partial charge in [-0.3, -0.25) is 4.79 Å². The zero-order valence-electron chi connectivity index (χ0n) is 8.10. The number of carbonyl (C=O) groups is 2. The van der Waals surface area contributed by atoms with E-state index in [2.05, 4.69) is 4.74 Å². The third kappa shape index (κ3) is 2.98. The van der Waals surface area contributed by atoms with Crippen LogP contribution in [0.1, 0.15) is 15.9 Å². The van der Waals surface area contributed by atoms with Crippen molar-refractivity contribution in [3.05, 3.63) is 29.3 Å². The van der Waals surface area contributed by atoms with Crippen LogP contribution in [-0.4, -0.2) is 24.7 Å². The van der Waals surface area contributed by atoms with Crippen molar-refractivity contribution >= 4 is 12.4 Å². The third-order valence-electron chi connectivity index (χ3n) is 1.78. The summed E-state index contributed by atoms with van der Waals surface area (Å²) >= 11 is 0. The number of methoxy groups -OCH3 is 1. The molecule has 0 aliphatic carbocycles. The molecule has 0 radical (unpaired) electrons. The molecule has 0 aliphatic rings. The molecule has 5 heteroatoms. The Hall–Kier alpha value is -2.04. The quantitative estimate of drug-likeness (QED) is 0.604. The molecule has 0 saturated heterocycles. The van der Waals surface area contributed by atoms with E-state index >= 15 is 0 Å². The van der Waals surface area contributed by atoms with E-state index in [1.807, 2.05) is 0 Å². The first-order valence-corrected chi connectivity index (χ1v) is 4.15. The number of carboxylic acid groups (broad SMARTS) is 1. The Bertz CT molecular complexity index is 372. The largest absolute Gasteiger partial charge is 0.506 e. The lowest BCUT2D eigenvalue weighted by Gasteiger charge is -2.05. The van der Waals surface area contributed by atoms with Gasteiger partial charge in [-0.2, -0.15) is 0 Å². The molecule has 0 atom stereocenters. The van der Waals surface area contributed by atoms with Crippen LogP contribution in [0.25, 0.3) is 0 Å². The van der Waals surface area contributed by atoms with Crippen molar-refractivity contribution < 1.29 is 24.2 Å². The van der Waals surface area contributed by atoms with Gasteiger partial charge >= 0.3 is 6.16 Å². The molecule has 0 spiro atoms. The molecule has 0 heterocycles. The molecular weight excluding hydrogens is 200 g/mol. The molecule has 80 valence electrons. The van der Waals surface area contributed by atoms with Gasteiger partial charge in [-0.05, 0) is 17.7 Å². The first-order valence-electron chi connectivity index (χ1n) is 4.15. The van der Waals surface area contributed by atoms with Crippen LogP contribution >= 0.6 is 0 Å². The maximum Gasteiger partial charge on any atom is 0.506 e. The van der Waals surface area contributed by atoms with E-state index in [9.17, 15) is 9.59 Å². The minimum absolute atomic E-state index is 0.0832. The Morgan fingerprint density at radius 3 is 2.80 bits per heavy atom. The molecule has 1 aromatic rings. The Morgan fingerprint density at radius 2 is 2.27 bits per heavy atom. The molecule has 1 N–H and O–H groups in total. The van der Waals surface area contributed by atoms with Crippen molar-refractivity contribution in [1.29, 1.82) is 0 Å². The SMILES string of the molecule is COc1ccc(COC(=O)O)cc1C=O. The lowest BCUT2D eigenvalue weighted by Crippen LogP contribution is -2.01. The van der Waals surface area contributed by atoms with Crippen molar-refractivity contribution in [2.24, 2.45) is 0 Å². The highest BCUT2D eigenvalue weighted by Gasteiger charge is 2.04. The average Bonchev–Trinajstić information content (AvgIpc) is 2.25. The van der Waals surface area contributed by atoms with Crippen LogP contribution in [0.3, 0.4) is 0 Å². The normalized spacial score (nSPS) is 9.40. The molecule has 1 rings (SSSR count). The number of carbonyl (C=O) groups excluding carboxylic acids is 1. The predicted molar refractivity (Wildman–Crippen MR) is 51.2 cm³/mol. The van der Waals surface area contributed by atoms with Gasteiger partial charge in [0, 0.05) is 0 Å². The van der Waals surface area contributed by atoms with Crippen LogP contribution < -0.4 is 4.74 Å². The molecular formula is C10H10O5. The summed E-state index contributed by atoms with van der Waals surface area (Å²) in [6.45, 7) is -0.0832. The van der Waals surface area contributed by atoms with E-state index < -0.39 is 6.16 Å². The third-order valence-corrected chi connectivity index (χ3v) is 1.78. The first-order chi connectivity index (χ1) is 7.17. The van der Waals surface area contributed by atoms with Gasteiger partial charge in [0.25, 0.3) is 0 Å². The maximum atomic E-state index is 10.6. The predicted octanol–water partition coefficient (Wildman–Crippen LogP) is 1.70. The Balaban J connectivity index is 2.83. The van der Waals surface area contributed by atoms with E-state index in [0.717, 1.165) is 0 Å². The van der Waals surface area contributed by atoms with Gasteiger partial charge in [0.05, 0.1) is 12.7 Å². The number of rotatable bonds is 4. The minimum atomic E-state index is -1.35. The molecule has 0 aliphatic heterocycles. The topological polar surface area (TPSA) is 72.8 Å². The molecule has 0 fully saturated rings. The minimum Gasteiger partial charge on any atom is -0.496 e. The maximum absolute atomic E-state index is 10.6. The van der Waals surface area contributed by atoms with Crippen molar-refractivity contribution in [3.63, 3.8) is 0 Å². The highest BCUT2D eigenvalue weighted by atomic mass is 16.7. The highest BCUT2D eigenvalue weighted by Crippen LogP contribution is 2.18. The van der Waals surface area contributed by atoms with Crippen LogP contribution in [0, 0.1) is 0 Å². The fourth-order valence-corrected chi connectivity index (χ4v) is 1.11. The summed E-state index contributed by atoms with van der Waals surface area (Å²) in [4.78, 5) is 20.8. The van der Waals surface area contributed by atoms with Crippen LogP contribution in [0.4, 0.5) is 4.79 Å².